The van der Waals surface area contributed by atoms with Gasteiger partial charge in [-0.15, -0.1) is 0 Å². The van der Waals surface area contributed by atoms with Crippen molar-refractivity contribution < 1.29 is 56.1 Å². The number of aliphatic carboxylic acids is 1. The van der Waals surface area contributed by atoms with Crippen molar-refractivity contribution in [1.82, 2.24) is 10.6 Å². The topological polar surface area (TPSA) is 140 Å². The van der Waals surface area contributed by atoms with E-state index in [-0.39, 0.29) is 17.7 Å². The van der Waals surface area contributed by atoms with Crippen LogP contribution in [0.25, 0.3) is 0 Å². The Labute approximate surface area is 253 Å². The van der Waals surface area contributed by atoms with Crippen molar-refractivity contribution in [2.45, 2.75) is 83.6 Å². The molecule has 2 amide bonds. The SMILES string of the molecule is CC(C)(C)OC(=O)N[C@@H](c1ccccc1)C(F)(F)C(=O)O.CCOC(=O)C(F)(F)[C@@H](NC(=O)OC(C)(C)C)c1ccccc1. The second-order valence-electron chi connectivity index (χ2n) is 11.3. The molecular formula is C30H38F4N2O8. The highest BCUT2D eigenvalue weighted by atomic mass is 19.3. The number of alkyl halides is 4. The number of carboxylic acid groups (broad SMARTS) is 1. The predicted octanol–water partition coefficient (Wildman–Crippen LogP) is 6.42. The lowest BCUT2D eigenvalue weighted by molar-refractivity contribution is -0.176. The summed E-state index contributed by atoms with van der Waals surface area (Å²) in [4.78, 5) is 45.8. The van der Waals surface area contributed by atoms with Gasteiger partial charge in [0, 0.05) is 0 Å². The van der Waals surface area contributed by atoms with E-state index < -0.39 is 59.3 Å². The van der Waals surface area contributed by atoms with Crippen molar-refractivity contribution in [3.05, 3.63) is 71.8 Å². The van der Waals surface area contributed by atoms with Crippen molar-refractivity contribution in [2.75, 3.05) is 6.61 Å². The van der Waals surface area contributed by atoms with Gasteiger partial charge in [-0.25, -0.2) is 19.2 Å². The monoisotopic (exact) mass is 630 g/mol. The minimum Gasteiger partial charge on any atom is -0.477 e. The molecule has 2 atom stereocenters. The number of carbonyl (C=O) groups excluding carboxylic acids is 3. The maximum absolute atomic E-state index is 14.4. The first-order chi connectivity index (χ1) is 20.1. The lowest BCUT2D eigenvalue weighted by Gasteiger charge is -2.28. The van der Waals surface area contributed by atoms with Crippen LogP contribution < -0.4 is 10.6 Å². The summed E-state index contributed by atoms with van der Waals surface area (Å²) in [7, 11) is 0. The summed E-state index contributed by atoms with van der Waals surface area (Å²) in [5, 5.41) is 12.7. The molecule has 10 nitrogen and oxygen atoms in total. The summed E-state index contributed by atoms with van der Waals surface area (Å²) < 4.78 is 70.7. The van der Waals surface area contributed by atoms with Gasteiger partial charge in [-0.3, -0.25) is 0 Å². The Morgan fingerprint density at radius 2 is 1.02 bits per heavy atom. The van der Waals surface area contributed by atoms with Crippen molar-refractivity contribution in [2.24, 2.45) is 0 Å². The molecule has 244 valence electrons. The number of alkyl carbamates (subject to hydrolysis) is 2. The van der Waals surface area contributed by atoms with Crippen LogP contribution in [0.5, 0.6) is 0 Å². The molecule has 0 radical (unpaired) electrons. The lowest BCUT2D eigenvalue weighted by atomic mass is 10.0. The Hall–Kier alpha value is -4.36. The molecule has 2 aromatic rings. The molecule has 2 rings (SSSR count). The Bertz CT molecular complexity index is 1250. The Balaban J connectivity index is 0.000000442. The normalized spacial score (nSPS) is 13.2. The third-order valence-electron chi connectivity index (χ3n) is 5.15. The third-order valence-corrected chi connectivity index (χ3v) is 5.15. The van der Waals surface area contributed by atoms with Crippen LogP contribution >= 0.6 is 0 Å². The Morgan fingerprint density at radius 1 is 0.682 bits per heavy atom. The number of rotatable bonds is 9. The summed E-state index contributed by atoms with van der Waals surface area (Å²) >= 11 is 0. The van der Waals surface area contributed by atoms with Gasteiger partial charge >= 0.3 is 36.0 Å². The third kappa shape index (κ3) is 12.1. The van der Waals surface area contributed by atoms with Gasteiger partial charge < -0.3 is 30.0 Å². The van der Waals surface area contributed by atoms with Crippen LogP contribution in [0.1, 0.15) is 71.7 Å². The molecule has 0 spiro atoms. The number of carboxylic acids is 1. The molecule has 0 unspecified atom stereocenters. The van der Waals surface area contributed by atoms with Gasteiger partial charge in [0.25, 0.3) is 0 Å². The first-order valence-electron chi connectivity index (χ1n) is 13.4. The molecule has 0 aliphatic heterocycles. The minimum atomic E-state index is -4.17. The lowest BCUT2D eigenvalue weighted by Crippen LogP contribution is -2.47. The molecule has 0 aliphatic carbocycles. The van der Waals surface area contributed by atoms with Crippen LogP contribution in [0.4, 0.5) is 27.2 Å². The van der Waals surface area contributed by atoms with E-state index in [1.54, 1.807) is 53.7 Å². The Morgan fingerprint density at radius 3 is 1.32 bits per heavy atom. The number of halogens is 4. The second-order valence-corrected chi connectivity index (χ2v) is 11.3. The van der Waals surface area contributed by atoms with E-state index >= 15 is 0 Å². The number of benzene rings is 2. The number of esters is 1. The molecule has 0 aliphatic rings. The molecule has 44 heavy (non-hydrogen) atoms. The quantitative estimate of drug-likeness (QED) is 0.164. The smallest absolute Gasteiger partial charge is 0.408 e. The second kappa shape index (κ2) is 15.4. The fourth-order valence-corrected chi connectivity index (χ4v) is 3.38. The van der Waals surface area contributed by atoms with E-state index in [2.05, 4.69) is 10.1 Å². The van der Waals surface area contributed by atoms with Gasteiger partial charge in [0.1, 0.15) is 23.3 Å². The van der Waals surface area contributed by atoms with E-state index in [1.165, 1.54) is 55.5 Å². The van der Waals surface area contributed by atoms with Gasteiger partial charge in [0.2, 0.25) is 0 Å². The summed E-state index contributed by atoms with van der Waals surface area (Å²) in [6, 6.07) is 10.7. The minimum absolute atomic E-state index is 0.0317. The Kier molecular flexibility index (Phi) is 13.2. The maximum atomic E-state index is 14.4. The van der Waals surface area contributed by atoms with Crippen LogP contribution in [0, 0.1) is 0 Å². The van der Waals surface area contributed by atoms with Crippen molar-refractivity contribution in [3.8, 4) is 0 Å². The first-order valence-corrected chi connectivity index (χ1v) is 13.4. The number of hydrogen-bond acceptors (Lipinski definition) is 7. The number of carbonyl (C=O) groups is 4. The summed E-state index contributed by atoms with van der Waals surface area (Å²) in [5.41, 5.74) is -1.71. The van der Waals surface area contributed by atoms with Gasteiger partial charge in [0.15, 0.2) is 0 Å². The summed E-state index contributed by atoms with van der Waals surface area (Å²) in [6.45, 7) is 10.8. The average molecular weight is 631 g/mol. The highest BCUT2D eigenvalue weighted by Gasteiger charge is 2.51. The van der Waals surface area contributed by atoms with E-state index in [4.69, 9.17) is 14.6 Å². The number of amides is 2. The zero-order valence-electron chi connectivity index (χ0n) is 25.5. The molecule has 0 heterocycles. The summed E-state index contributed by atoms with van der Waals surface area (Å²) in [5.74, 6) is -12.1. The molecule has 14 heteroatoms. The molecule has 0 bridgehead atoms. The highest BCUT2D eigenvalue weighted by Crippen LogP contribution is 2.34. The van der Waals surface area contributed by atoms with Crippen molar-refractivity contribution in [3.63, 3.8) is 0 Å². The molecular weight excluding hydrogens is 592 g/mol. The van der Waals surface area contributed by atoms with E-state index in [0.717, 1.165) is 0 Å². The van der Waals surface area contributed by atoms with Crippen molar-refractivity contribution in [1.29, 1.82) is 0 Å². The number of nitrogens with one attached hydrogen (secondary N) is 2. The average Bonchev–Trinajstić information content (AvgIpc) is 2.89. The standard InChI is InChI=1S/C16H21F2NO4.C14H17F2NO4/c1-5-22-13(20)16(17,18)12(11-9-7-6-8-10-11)19-14(21)23-15(2,3)4;1-13(2,3)21-12(20)17-10(14(15,16)11(18)19)9-7-5-4-6-8-9/h6-10,12H,5H2,1-4H3,(H,19,21);4-8,10H,1-3H3,(H,17,20)(H,18,19)/t12-;10-/m00/s1. The molecule has 3 N–H and O–H groups in total. The van der Waals surface area contributed by atoms with Gasteiger partial charge in [-0.05, 0) is 59.6 Å². The fourth-order valence-electron chi connectivity index (χ4n) is 3.38. The molecule has 0 aromatic heterocycles. The van der Waals surface area contributed by atoms with Gasteiger partial charge in [-0.2, -0.15) is 17.6 Å². The van der Waals surface area contributed by atoms with Crippen LogP contribution in [-0.4, -0.2) is 58.9 Å². The van der Waals surface area contributed by atoms with E-state index in [9.17, 15) is 36.7 Å². The van der Waals surface area contributed by atoms with E-state index in [0.29, 0.717) is 0 Å². The number of hydrogen-bond donors (Lipinski definition) is 3. The highest BCUT2D eigenvalue weighted by molar-refractivity contribution is 5.80. The van der Waals surface area contributed by atoms with E-state index in [1.807, 2.05) is 5.32 Å². The first kappa shape index (κ1) is 37.7. The van der Waals surface area contributed by atoms with Gasteiger partial charge in [-0.1, -0.05) is 60.7 Å². The van der Waals surface area contributed by atoms with Crippen molar-refractivity contribution >= 4 is 24.1 Å². The largest absolute Gasteiger partial charge is 0.477 e. The van der Waals surface area contributed by atoms with Crippen LogP contribution in [0.15, 0.2) is 60.7 Å². The molecule has 2 aromatic carbocycles. The predicted molar refractivity (Wildman–Crippen MR) is 151 cm³/mol. The summed E-state index contributed by atoms with van der Waals surface area (Å²) in [6.07, 6.45) is -2.16. The van der Waals surface area contributed by atoms with Crippen LogP contribution in [0.3, 0.4) is 0 Å². The molecule has 0 saturated heterocycles. The fraction of sp³-hybridized carbons (Fsp3) is 0.467. The van der Waals surface area contributed by atoms with Crippen LogP contribution in [0.2, 0.25) is 0 Å². The maximum Gasteiger partial charge on any atom is 0.408 e. The zero-order valence-corrected chi connectivity index (χ0v) is 25.5. The zero-order chi connectivity index (χ0) is 33.9. The van der Waals surface area contributed by atoms with Crippen LogP contribution in [-0.2, 0) is 23.8 Å². The molecule has 0 saturated carbocycles. The molecule has 0 fully saturated rings. The number of ether oxygens (including phenoxy) is 3. The van der Waals surface area contributed by atoms with Gasteiger partial charge in [0.05, 0.1) is 6.61 Å².